The minimum Gasteiger partial charge on any atom is -0.508 e. The highest BCUT2D eigenvalue weighted by molar-refractivity contribution is 7.86. The Labute approximate surface area is 134 Å². The molecular weight excluding hydrogens is 318 g/mol. The van der Waals surface area contributed by atoms with Gasteiger partial charge in [-0.15, -0.1) is 0 Å². The second kappa shape index (κ2) is 7.59. The molecule has 3 aromatic carbocycles. The number of fused-ring (bicyclic) bond motifs is 1. The van der Waals surface area contributed by atoms with Crippen LogP contribution in [0, 0.1) is 0 Å². The van der Waals surface area contributed by atoms with Crippen LogP contribution in [0.1, 0.15) is 0 Å². The lowest BCUT2D eigenvalue weighted by atomic mass is 10.1. The summed E-state index contributed by atoms with van der Waals surface area (Å²) in [6.07, 6.45) is 0. The SMILES string of the molecule is N.O=S(=O)(O)c1cc(O)ccc1O.c1ccc2ccccc2c1. The van der Waals surface area contributed by atoms with E-state index in [9.17, 15) is 8.42 Å². The Hall–Kier alpha value is -2.61. The number of benzene rings is 3. The quantitative estimate of drug-likeness (QED) is 0.398. The van der Waals surface area contributed by atoms with E-state index in [0.29, 0.717) is 0 Å². The van der Waals surface area contributed by atoms with Gasteiger partial charge in [0, 0.05) is 6.07 Å². The summed E-state index contributed by atoms with van der Waals surface area (Å²) in [5, 5.41) is 20.4. The third kappa shape index (κ3) is 4.96. The van der Waals surface area contributed by atoms with Gasteiger partial charge in [-0.3, -0.25) is 4.55 Å². The van der Waals surface area contributed by atoms with Gasteiger partial charge in [0.05, 0.1) is 0 Å². The molecule has 0 saturated carbocycles. The monoisotopic (exact) mass is 335 g/mol. The van der Waals surface area contributed by atoms with Gasteiger partial charge >= 0.3 is 0 Å². The zero-order valence-electron chi connectivity index (χ0n) is 12.1. The van der Waals surface area contributed by atoms with Gasteiger partial charge in [0.2, 0.25) is 0 Å². The van der Waals surface area contributed by atoms with Crippen molar-refractivity contribution in [1.29, 1.82) is 0 Å². The molecule has 0 unspecified atom stereocenters. The first kappa shape index (κ1) is 18.4. The van der Waals surface area contributed by atoms with Crippen LogP contribution in [0.25, 0.3) is 10.8 Å². The molecule has 0 heterocycles. The molecule has 0 aliphatic rings. The third-order valence-corrected chi connectivity index (χ3v) is 3.76. The fourth-order valence-corrected chi connectivity index (χ4v) is 2.44. The molecule has 0 aliphatic carbocycles. The summed E-state index contributed by atoms with van der Waals surface area (Å²) in [5.41, 5.74) is 0. The lowest BCUT2D eigenvalue weighted by molar-refractivity contribution is 0.433. The highest BCUT2D eigenvalue weighted by Gasteiger charge is 2.15. The molecule has 6 N–H and O–H groups in total. The van der Waals surface area contributed by atoms with E-state index in [0.717, 1.165) is 18.2 Å². The topological polar surface area (TPSA) is 130 Å². The summed E-state index contributed by atoms with van der Waals surface area (Å²) in [7, 11) is -4.47. The summed E-state index contributed by atoms with van der Waals surface area (Å²) < 4.78 is 29.5. The second-order valence-electron chi connectivity index (χ2n) is 4.47. The Morgan fingerprint density at radius 1 is 0.739 bits per heavy atom. The van der Waals surface area contributed by atoms with Crippen LogP contribution in [0.2, 0.25) is 0 Å². The van der Waals surface area contributed by atoms with Crippen LogP contribution in [0.5, 0.6) is 11.5 Å². The van der Waals surface area contributed by atoms with E-state index >= 15 is 0 Å². The predicted octanol–water partition coefficient (Wildman–Crippen LogP) is 3.35. The minimum absolute atomic E-state index is 0. The van der Waals surface area contributed by atoms with E-state index in [1.54, 1.807) is 0 Å². The lowest BCUT2D eigenvalue weighted by Gasteiger charge is -2.00. The zero-order chi connectivity index (χ0) is 16.2. The molecule has 23 heavy (non-hydrogen) atoms. The van der Waals surface area contributed by atoms with Crippen molar-refractivity contribution in [1.82, 2.24) is 6.15 Å². The molecular formula is C16H17NO5S. The molecule has 6 nitrogen and oxygen atoms in total. The van der Waals surface area contributed by atoms with Crippen LogP contribution in [0.4, 0.5) is 0 Å². The van der Waals surface area contributed by atoms with Gasteiger partial charge in [0.25, 0.3) is 10.1 Å². The van der Waals surface area contributed by atoms with E-state index < -0.39 is 20.8 Å². The molecule has 0 bridgehead atoms. The van der Waals surface area contributed by atoms with Gasteiger partial charge < -0.3 is 16.4 Å². The Bertz CT molecular complexity index is 828. The van der Waals surface area contributed by atoms with Crippen LogP contribution in [0.15, 0.2) is 71.6 Å². The van der Waals surface area contributed by atoms with E-state index in [4.69, 9.17) is 14.8 Å². The first-order chi connectivity index (χ1) is 10.4. The zero-order valence-corrected chi connectivity index (χ0v) is 12.9. The number of hydrogen-bond acceptors (Lipinski definition) is 5. The fourth-order valence-electron chi connectivity index (χ4n) is 1.84. The van der Waals surface area contributed by atoms with Crippen LogP contribution < -0.4 is 6.15 Å². The summed E-state index contributed by atoms with van der Waals surface area (Å²) in [5.74, 6) is -0.948. The standard InChI is InChI=1S/C10H8.C6H6O5S.H3N/c1-2-6-10-8-4-3-7-9(10)5-1;7-4-1-2-5(8)6(3-4)12(9,10)11;/h1-8H;1-3,7-8H,(H,9,10,11);1H3. The normalized spacial score (nSPS) is 10.3. The molecule has 0 fully saturated rings. The van der Waals surface area contributed by atoms with Crippen molar-refractivity contribution in [3.63, 3.8) is 0 Å². The molecule has 0 aromatic heterocycles. The first-order valence-electron chi connectivity index (χ1n) is 6.31. The van der Waals surface area contributed by atoms with Gasteiger partial charge in [0.15, 0.2) is 0 Å². The number of phenolic OH excluding ortho intramolecular Hbond substituents is 2. The Morgan fingerprint density at radius 2 is 1.17 bits per heavy atom. The summed E-state index contributed by atoms with van der Waals surface area (Å²) in [4.78, 5) is -0.706. The van der Waals surface area contributed by atoms with Crippen LogP contribution in [-0.2, 0) is 10.1 Å². The van der Waals surface area contributed by atoms with Crippen molar-refractivity contribution in [3.05, 3.63) is 66.7 Å². The van der Waals surface area contributed by atoms with E-state index in [2.05, 4.69) is 48.5 Å². The van der Waals surface area contributed by atoms with Gasteiger partial charge in [-0.25, -0.2) is 0 Å². The molecule has 0 radical (unpaired) electrons. The fraction of sp³-hybridized carbons (Fsp3) is 0. The van der Waals surface area contributed by atoms with E-state index in [1.807, 2.05) is 0 Å². The van der Waals surface area contributed by atoms with Gasteiger partial charge in [-0.2, -0.15) is 8.42 Å². The van der Waals surface area contributed by atoms with Gasteiger partial charge in [-0.1, -0.05) is 48.5 Å². The predicted molar refractivity (Wildman–Crippen MR) is 88.6 cm³/mol. The Morgan fingerprint density at radius 3 is 1.52 bits per heavy atom. The molecule has 0 amide bonds. The van der Waals surface area contributed by atoms with Gasteiger partial charge in [-0.05, 0) is 22.9 Å². The smallest absolute Gasteiger partial charge is 0.298 e. The maximum absolute atomic E-state index is 10.5. The number of aromatic hydroxyl groups is 2. The van der Waals surface area contributed by atoms with Crippen molar-refractivity contribution in [2.45, 2.75) is 4.90 Å². The third-order valence-electron chi connectivity index (χ3n) is 2.88. The minimum atomic E-state index is -4.47. The van der Waals surface area contributed by atoms with Crippen molar-refractivity contribution in [3.8, 4) is 11.5 Å². The number of phenols is 2. The van der Waals surface area contributed by atoms with Crippen molar-refractivity contribution >= 4 is 20.9 Å². The van der Waals surface area contributed by atoms with E-state index in [1.165, 1.54) is 10.8 Å². The molecule has 7 heteroatoms. The number of rotatable bonds is 1. The molecule has 3 rings (SSSR count). The van der Waals surface area contributed by atoms with Crippen molar-refractivity contribution < 1.29 is 23.2 Å². The van der Waals surface area contributed by atoms with Crippen LogP contribution in [0.3, 0.4) is 0 Å². The van der Waals surface area contributed by atoms with Crippen molar-refractivity contribution in [2.24, 2.45) is 0 Å². The summed E-state index contributed by atoms with van der Waals surface area (Å²) >= 11 is 0. The highest BCUT2D eigenvalue weighted by atomic mass is 32.2. The summed E-state index contributed by atoms with van der Waals surface area (Å²) in [6, 6.07) is 19.5. The number of hydrogen-bond donors (Lipinski definition) is 4. The van der Waals surface area contributed by atoms with Crippen LogP contribution in [-0.4, -0.2) is 23.2 Å². The largest absolute Gasteiger partial charge is 0.508 e. The average Bonchev–Trinajstić information content (AvgIpc) is 2.49. The Balaban J connectivity index is 0.000000223. The maximum Gasteiger partial charge on any atom is 0.298 e. The molecule has 0 spiro atoms. The highest BCUT2D eigenvalue weighted by Crippen LogP contribution is 2.25. The average molecular weight is 335 g/mol. The first-order valence-corrected chi connectivity index (χ1v) is 7.75. The van der Waals surface area contributed by atoms with E-state index in [-0.39, 0.29) is 11.9 Å². The van der Waals surface area contributed by atoms with Gasteiger partial charge in [0.1, 0.15) is 16.4 Å². The Kier molecular flexibility index (Phi) is 6.09. The maximum atomic E-state index is 10.5. The molecule has 3 aromatic rings. The van der Waals surface area contributed by atoms with Crippen LogP contribution >= 0.6 is 0 Å². The molecule has 122 valence electrons. The summed E-state index contributed by atoms with van der Waals surface area (Å²) in [6.45, 7) is 0. The second-order valence-corrected chi connectivity index (χ2v) is 5.86. The molecule has 0 saturated heterocycles. The lowest BCUT2D eigenvalue weighted by Crippen LogP contribution is -1.97. The molecule has 0 atom stereocenters. The molecule has 0 aliphatic heterocycles. The van der Waals surface area contributed by atoms with Crippen molar-refractivity contribution in [2.75, 3.05) is 0 Å².